The predicted molar refractivity (Wildman–Crippen MR) is 150 cm³/mol. The summed E-state index contributed by atoms with van der Waals surface area (Å²) in [5, 5.41) is 11.5. The molecule has 0 bridgehead atoms. The predicted octanol–water partition coefficient (Wildman–Crippen LogP) is 5.13. The second kappa shape index (κ2) is 8.84. The number of pyridine rings is 1. The molecule has 1 amide bonds. The molecule has 0 radical (unpaired) electrons. The maximum absolute atomic E-state index is 13.0. The van der Waals surface area contributed by atoms with Gasteiger partial charge in [0.1, 0.15) is 5.82 Å². The lowest BCUT2D eigenvalue weighted by Gasteiger charge is -2.17. The summed E-state index contributed by atoms with van der Waals surface area (Å²) in [6.07, 6.45) is 11.7. The SMILES string of the molecule is Cc1nn(C)c(C)c1-c1nc2nccc(-c3ccc4c(c3)C=CC=CC4NC(=O)c3noc(C4(C)CC4)n3)c2[nH]1. The molecule has 1 aromatic carbocycles. The van der Waals surface area contributed by atoms with E-state index in [9.17, 15) is 4.79 Å². The highest BCUT2D eigenvalue weighted by Crippen LogP contribution is 2.46. The van der Waals surface area contributed by atoms with Gasteiger partial charge in [-0.15, -0.1) is 0 Å². The molecule has 7 rings (SSSR count). The lowest BCUT2D eigenvalue weighted by atomic mass is 9.95. The first kappa shape index (κ1) is 24.2. The van der Waals surface area contributed by atoms with Crippen molar-refractivity contribution in [2.75, 3.05) is 0 Å². The Hall–Kier alpha value is -4.86. The number of nitrogens with one attached hydrogen (secondary N) is 2. The second-order valence-corrected chi connectivity index (χ2v) is 10.8. The molecule has 4 heterocycles. The molecular weight excluding hydrogens is 504 g/mol. The zero-order valence-electron chi connectivity index (χ0n) is 22.7. The van der Waals surface area contributed by atoms with Crippen LogP contribution in [0.25, 0.3) is 39.8 Å². The van der Waals surface area contributed by atoms with Crippen molar-refractivity contribution >= 4 is 23.1 Å². The molecule has 0 spiro atoms. The van der Waals surface area contributed by atoms with E-state index in [1.165, 1.54) is 0 Å². The summed E-state index contributed by atoms with van der Waals surface area (Å²) in [7, 11) is 1.93. The number of allylic oxidation sites excluding steroid dienone is 2. The van der Waals surface area contributed by atoms with E-state index in [1.807, 2.05) is 62.0 Å². The van der Waals surface area contributed by atoms with Crippen molar-refractivity contribution in [1.82, 2.24) is 40.2 Å². The number of hydrogen-bond acceptors (Lipinski definition) is 7. The molecule has 2 aliphatic rings. The number of hydrogen-bond donors (Lipinski definition) is 2. The average molecular weight is 533 g/mol. The van der Waals surface area contributed by atoms with Gasteiger partial charge in [0.25, 0.3) is 11.7 Å². The number of fused-ring (bicyclic) bond motifs is 2. The Morgan fingerprint density at radius 2 is 2.02 bits per heavy atom. The van der Waals surface area contributed by atoms with Crippen LogP contribution in [0.5, 0.6) is 0 Å². The van der Waals surface area contributed by atoms with Crippen molar-refractivity contribution < 1.29 is 9.32 Å². The summed E-state index contributed by atoms with van der Waals surface area (Å²) >= 11 is 0. The topological polar surface area (TPSA) is 127 Å². The Balaban J connectivity index is 1.21. The number of rotatable bonds is 5. The van der Waals surface area contributed by atoms with Crippen LogP contribution < -0.4 is 5.32 Å². The number of aryl methyl sites for hydroxylation is 2. The third-order valence-corrected chi connectivity index (χ3v) is 7.99. The summed E-state index contributed by atoms with van der Waals surface area (Å²) in [5.41, 5.74) is 8.31. The van der Waals surface area contributed by atoms with Crippen molar-refractivity contribution in [1.29, 1.82) is 0 Å². The van der Waals surface area contributed by atoms with Crippen LogP contribution in [0.2, 0.25) is 0 Å². The normalized spacial score (nSPS) is 17.1. The van der Waals surface area contributed by atoms with Gasteiger partial charge in [-0.1, -0.05) is 48.5 Å². The number of amides is 1. The number of benzene rings is 1. The largest absolute Gasteiger partial charge is 0.339 e. The Morgan fingerprint density at radius 3 is 2.80 bits per heavy atom. The van der Waals surface area contributed by atoms with E-state index < -0.39 is 0 Å². The second-order valence-electron chi connectivity index (χ2n) is 10.8. The average Bonchev–Trinajstić information content (AvgIpc) is 3.25. The van der Waals surface area contributed by atoms with Gasteiger partial charge in [-0.05, 0) is 55.5 Å². The molecule has 1 fully saturated rings. The van der Waals surface area contributed by atoms with Crippen molar-refractivity contribution in [2.45, 2.75) is 45.1 Å². The summed E-state index contributed by atoms with van der Waals surface area (Å²) in [5.74, 6) is 0.966. The standard InChI is InChI=1S/C30H28N8O2/c1-16-23(17(2)38(4)36-16)25-33-24-21(11-14-31-26(24)34-25)19-9-10-20-18(15-19)7-5-6-8-22(20)32-28(39)27-35-29(40-37-27)30(3)12-13-30/h5-11,14-15,22H,12-13H2,1-4H3,(H,32,39)(H,31,33,34). The Bertz CT molecular complexity index is 1870. The van der Waals surface area contributed by atoms with E-state index in [4.69, 9.17) is 9.51 Å². The van der Waals surface area contributed by atoms with E-state index in [-0.39, 0.29) is 23.2 Å². The number of aromatic nitrogens is 7. The molecule has 0 aliphatic heterocycles. The smallest absolute Gasteiger partial charge is 0.293 e. The van der Waals surface area contributed by atoms with Crippen LogP contribution in [0.15, 0.2) is 53.2 Å². The first-order chi connectivity index (χ1) is 19.3. The highest BCUT2D eigenvalue weighted by molar-refractivity contribution is 5.93. The quantitative estimate of drug-likeness (QED) is 0.321. The molecule has 1 saturated carbocycles. The molecule has 4 aromatic heterocycles. The van der Waals surface area contributed by atoms with Gasteiger partial charge in [0.05, 0.1) is 22.8 Å². The third-order valence-electron chi connectivity index (χ3n) is 7.99. The van der Waals surface area contributed by atoms with Gasteiger partial charge in [0.15, 0.2) is 5.65 Å². The molecule has 40 heavy (non-hydrogen) atoms. The molecule has 1 atom stereocenters. The summed E-state index contributed by atoms with van der Waals surface area (Å²) < 4.78 is 7.23. The number of nitrogens with zero attached hydrogens (tertiary/aromatic N) is 6. The number of carbonyl (C=O) groups is 1. The van der Waals surface area contributed by atoms with E-state index in [0.717, 1.165) is 63.4 Å². The van der Waals surface area contributed by atoms with E-state index >= 15 is 0 Å². The maximum Gasteiger partial charge on any atom is 0.293 e. The van der Waals surface area contributed by atoms with Crippen LogP contribution in [0.1, 0.15) is 64.8 Å². The van der Waals surface area contributed by atoms with Gasteiger partial charge >= 0.3 is 0 Å². The lowest BCUT2D eigenvalue weighted by molar-refractivity contribution is 0.0930. The van der Waals surface area contributed by atoms with Gasteiger partial charge < -0.3 is 14.8 Å². The monoisotopic (exact) mass is 532 g/mol. The van der Waals surface area contributed by atoms with Crippen LogP contribution in [0, 0.1) is 13.8 Å². The molecule has 2 aliphatic carbocycles. The molecule has 5 aromatic rings. The summed E-state index contributed by atoms with van der Waals surface area (Å²) in [4.78, 5) is 30.2. The van der Waals surface area contributed by atoms with Crippen LogP contribution in [-0.2, 0) is 12.5 Å². The molecule has 200 valence electrons. The minimum absolute atomic E-state index is 0.0558. The zero-order valence-corrected chi connectivity index (χ0v) is 22.7. The fourth-order valence-electron chi connectivity index (χ4n) is 5.29. The highest BCUT2D eigenvalue weighted by atomic mass is 16.5. The fraction of sp³-hybridized carbons (Fsp3) is 0.267. The van der Waals surface area contributed by atoms with Crippen LogP contribution in [0.4, 0.5) is 0 Å². The summed E-state index contributed by atoms with van der Waals surface area (Å²) in [6.45, 7) is 6.08. The van der Waals surface area contributed by atoms with Crippen molar-refractivity contribution in [2.24, 2.45) is 7.05 Å². The first-order valence-electron chi connectivity index (χ1n) is 13.3. The van der Waals surface area contributed by atoms with Crippen molar-refractivity contribution in [3.8, 4) is 22.5 Å². The molecular formula is C30H28N8O2. The lowest BCUT2D eigenvalue weighted by Crippen LogP contribution is -2.28. The molecule has 10 nitrogen and oxygen atoms in total. The number of H-pyrrole nitrogens is 1. The summed E-state index contributed by atoms with van der Waals surface area (Å²) in [6, 6.07) is 7.86. The highest BCUT2D eigenvalue weighted by Gasteiger charge is 2.45. The molecule has 2 N–H and O–H groups in total. The van der Waals surface area contributed by atoms with Crippen LogP contribution >= 0.6 is 0 Å². The van der Waals surface area contributed by atoms with Gasteiger partial charge in [0.2, 0.25) is 5.89 Å². The maximum atomic E-state index is 13.0. The Morgan fingerprint density at radius 1 is 1.18 bits per heavy atom. The van der Waals surface area contributed by atoms with Gasteiger partial charge in [-0.3, -0.25) is 9.48 Å². The fourth-order valence-corrected chi connectivity index (χ4v) is 5.29. The Kier molecular flexibility index (Phi) is 5.35. The van der Waals surface area contributed by atoms with Crippen molar-refractivity contribution in [3.05, 3.63) is 82.9 Å². The van der Waals surface area contributed by atoms with E-state index in [2.05, 4.69) is 49.6 Å². The minimum atomic E-state index is -0.368. The molecule has 1 unspecified atom stereocenters. The third kappa shape index (κ3) is 3.95. The number of imidazole rings is 1. The number of carbonyl (C=O) groups excluding carboxylic acids is 1. The van der Waals surface area contributed by atoms with Crippen molar-refractivity contribution in [3.63, 3.8) is 0 Å². The van der Waals surface area contributed by atoms with Gasteiger partial charge in [0, 0.05) is 29.9 Å². The van der Waals surface area contributed by atoms with Crippen LogP contribution in [0.3, 0.4) is 0 Å². The minimum Gasteiger partial charge on any atom is -0.339 e. The van der Waals surface area contributed by atoms with Gasteiger partial charge in [-0.2, -0.15) is 10.1 Å². The van der Waals surface area contributed by atoms with E-state index in [0.29, 0.717) is 11.5 Å². The van der Waals surface area contributed by atoms with Gasteiger partial charge in [-0.25, -0.2) is 9.97 Å². The molecule has 0 saturated heterocycles. The zero-order chi connectivity index (χ0) is 27.6. The number of aromatic amines is 1. The molecule has 10 heteroatoms. The van der Waals surface area contributed by atoms with E-state index in [1.54, 1.807) is 6.20 Å². The van der Waals surface area contributed by atoms with Crippen LogP contribution in [-0.4, -0.2) is 40.8 Å². The Labute approximate surface area is 230 Å². The first-order valence-corrected chi connectivity index (χ1v) is 13.3.